The number of carbonyl (C=O) groups excluding carboxylic acids is 3. The molecule has 4 rings (SSSR count). The second kappa shape index (κ2) is 9.52. The number of methoxy groups -OCH3 is 2. The molecule has 2 N–H and O–H groups in total. The summed E-state index contributed by atoms with van der Waals surface area (Å²) in [5.41, 5.74) is 0.801. The van der Waals surface area contributed by atoms with Crippen molar-refractivity contribution in [2.24, 2.45) is 0 Å². The molecule has 3 aromatic rings. The lowest BCUT2D eigenvalue weighted by molar-refractivity contribution is -0.134. The fourth-order valence-corrected chi connectivity index (χ4v) is 4.63. The molecule has 1 saturated heterocycles. The molecule has 1 aliphatic rings. The third kappa shape index (κ3) is 4.19. The minimum atomic E-state index is -1.18. The normalized spacial score (nSPS) is 17.4. The third-order valence-electron chi connectivity index (χ3n) is 5.71. The van der Waals surface area contributed by atoms with Crippen LogP contribution in [0.3, 0.4) is 0 Å². The van der Waals surface area contributed by atoms with E-state index in [1.54, 1.807) is 62.1 Å². The van der Waals surface area contributed by atoms with E-state index in [0.717, 1.165) is 4.90 Å². The molecule has 2 heterocycles. The smallest absolute Gasteiger partial charge is 0.325 e. The Morgan fingerprint density at radius 2 is 1.91 bits per heavy atom. The molecule has 176 valence electrons. The minimum Gasteiger partial charge on any atom is -0.497 e. The molecule has 0 spiro atoms. The van der Waals surface area contributed by atoms with E-state index in [-0.39, 0.29) is 0 Å². The predicted molar refractivity (Wildman–Crippen MR) is 128 cm³/mol. The van der Waals surface area contributed by atoms with E-state index >= 15 is 0 Å². The van der Waals surface area contributed by atoms with Crippen molar-refractivity contribution in [1.29, 1.82) is 0 Å². The van der Waals surface area contributed by atoms with Crippen molar-refractivity contribution in [1.82, 2.24) is 15.2 Å². The molecule has 1 aliphatic heterocycles. The van der Waals surface area contributed by atoms with Crippen molar-refractivity contribution in [2.45, 2.75) is 18.9 Å². The van der Waals surface area contributed by atoms with Crippen LogP contribution in [0.25, 0.3) is 11.3 Å². The summed E-state index contributed by atoms with van der Waals surface area (Å²) in [5.74, 6) is 0.273. The number of carbonyl (C=O) groups is 3. The number of benzene rings is 2. The topological polar surface area (TPSA) is 110 Å². The van der Waals surface area contributed by atoms with Crippen molar-refractivity contribution >= 4 is 34.3 Å². The van der Waals surface area contributed by atoms with Crippen molar-refractivity contribution in [2.75, 3.05) is 26.1 Å². The Balaban J connectivity index is 1.49. The monoisotopic (exact) mass is 480 g/mol. The number of thiazole rings is 1. The lowest BCUT2D eigenvalue weighted by atomic mass is 9.87. The van der Waals surface area contributed by atoms with Gasteiger partial charge in [-0.3, -0.25) is 14.5 Å². The highest BCUT2D eigenvalue weighted by atomic mass is 32.1. The lowest BCUT2D eigenvalue weighted by Gasteiger charge is -2.25. The number of urea groups is 1. The first kappa shape index (κ1) is 23.2. The highest BCUT2D eigenvalue weighted by Gasteiger charge is 2.51. The van der Waals surface area contributed by atoms with E-state index in [4.69, 9.17) is 9.47 Å². The first-order valence-corrected chi connectivity index (χ1v) is 11.5. The largest absolute Gasteiger partial charge is 0.497 e. The van der Waals surface area contributed by atoms with Gasteiger partial charge in [0.25, 0.3) is 5.91 Å². The van der Waals surface area contributed by atoms with Crippen LogP contribution in [0.4, 0.5) is 9.93 Å². The van der Waals surface area contributed by atoms with Gasteiger partial charge in [0.15, 0.2) is 5.13 Å². The molecule has 0 bridgehead atoms. The van der Waals surface area contributed by atoms with Crippen LogP contribution in [-0.4, -0.2) is 48.5 Å². The molecule has 1 atom stereocenters. The van der Waals surface area contributed by atoms with Crippen LogP contribution in [0, 0.1) is 0 Å². The second-order valence-electron chi connectivity index (χ2n) is 7.60. The summed E-state index contributed by atoms with van der Waals surface area (Å²) in [7, 11) is 3.13. The fraction of sp³-hybridized carbons (Fsp3) is 0.250. The summed E-state index contributed by atoms with van der Waals surface area (Å²) in [4.78, 5) is 43.9. The average molecular weight is 481 g/mol. The number of ether oxygens (including phenoxy) is 2. The van der Waals surface area contributed by atoms with Gasteiger partial charge in [-0.1, -0.05) is 37.3 Å². The van der Waals surface area contributed by atoms with Crippen LogP contribution >= 0.6 is 11.3 Å². The van der Waals surface area contributed by atoms with Crippen LogP contribution < -0.4 is 20.1 Å². The van der Waals surface area contributed by atoms with E-state index in [1.807, 2.05) is 13.0 Å². The summed E-state index contributed by atoms with van der Waals surface area (Å²) in [5, 5.41) is 7.55. The molecule has 0 aliphatic carbocycles. The number of hydrogen-bond donors (Lipinski definition) is 2. The van der Waals surface area contributed by atoms with E-state index in [9.17, 15) is 14.4 Å². The Bertz CT molecular complexity index is 1230. The zero-order valence-corrected chi connectivity index (χ0v) is 19.8. The molecule has 10 heteroatoms. The number of imide groups is 1. The molecule has 4 amide bonds. The molecule has 1 aromatic heterocycles. The summed E-state index contributed by atoms with van der Waals surface area (Å²) in [6, 6.07) is 13.8. The number of rotatable bonds is 8. The lowest BCUT2D eigenvalue weighted by Crippen LogP contribution is -2.44. The van der Waals surface area contributed by atoms with Gasteiger partial charge in [-0.05, 0) is 30.2 Å². The summed E-state index contributed by atoms with van der Waals surface area (Å²) >= 11 is 1.22. The van der Waals surface area contributed by atoms with Gasteiger partial charge in [0, 0.05) is 10.9 Å². The number of nitrogens with zero attached hydrogens (tertiary/aromatic N) is 2. The maximum Gasteiger partial charge on any atom is 0.325 e. The SMILES string of the molecule is CCC1(c2ccccc2)NC(=O)N(CC(=O)Nc2nc(-c3cc(OC)ccc3OC)cs2)C1=O. The van der Waals surface area contributed by atoms with Crippen LogP contribution in [0.2, 0.25) is 0 Å². The van der Waals surface area contributed by atoms with Gasteiger partial charge < -0.3 is 20.1 Å². The maximum atomic E-state index is 13.2. The molecule has 1 unspecified atom stereocenters. The Kier molecular flexibility index (Phi) is 6.51. The summed E-state index contributed by atoms with van der Waals surface area (Å²) in [6.45, 7) is 1.40. The predicted octanol–water partition coefficient (Wildman–Crippen LogP) is 3.62. The first-order valence-electron chi connectivity index (χ1n) is 10.6. The fourth-order valence-electron chi connectivity index (χ4n) is 3.90. The van der Waals surface area contributed by atoms with Gasteiger partial charge in [-0.15, -0.1) is 11.3 Å². The van der Waals surface area contributed by atoms with Gasteiger partial charge in [0.05, 0.1) is 19.9 Å². The Hall–Kier alpha value is -3.92. The third-order valence-corrected chi connectivity index (χ3v) is 6.47. The molecule has 2 aromatic carbocycles. The molecule has 34 heavy (non-hydrogen) atoms. The molecule has 9 nitrogen and oxygen atoms in total. The number of hydrogen-bond acceptors (Lipinski definition) is 7. The molecule has 0 saturated carbocycles. The average Bonchev–Trinajstić information content (AvgIpc) is 3.42. The Morgan fingerprint density at radius 1 is 1.15 bits per heavy atom. The number of nitrogens with one attached hydrogen (secondary N) is 2. The van der Waals surface area contributed by atoms with E-state index in [1.165, 1.54) is 11.3 Å². The zero-order valence-electron chi connectivity index (χ0n) is 19.0. The van der Waals surface area contributed by atoms with Crippen LogP contribution in [0.5, 0.6) is 11.5 Å². The van der Waals surface area contributed by atoms with Crippen molar-refractivity contribution in [3.63, 3.8) is 0 Å². The van der Waals surface area contributed by atoms with Gasteiger partial charge in [0.1, 0.15) is 23.6 Å². The van der Waals surface area contributed by atoms with Gasteiger partial charge >= 0.3 is 6.03 Å². The van der Waals surface area contributed by atoms with E-state index < -0.39 is 29.9 Å². The van der Waals surface area contributed by atoms with Gasteiger partial charge in [-0.2, -0.15) is 0 Å². The number of aromatic nitrogens is 1. The van der Waals surface area contributed by atoms with Crippen LogP contribution in [0.1, 0.15) is 18.9 Å². The van der Waals surface area contributed by atoms with Gasteiger partial charge in [-0.25, -0.2) is 9.78 Å². The Morgan fingerprint density at radius 3 is 2.59 bits per heavy atom. The summed E-state index contributed by atoms with van der Waals surface area (Å²) < 4.78 is 10.7. The molecular weight excluding hydrogens is 456 g/mol. The first-order chi connectivity index (χ1) is 16.4. The zero-order chi connectivity index (χ0) is 24.3. The highest BCUT2D eigenvalue weighted by molar-refractivity contribution is 7.14. The van der Waals surface area contributed by atoms with Gasteiger partial charge in [0.2, 0.25) is 5.91 Å². The minimum absolute atomic E-state index is 0.335. The van der Waals surface area contributed by atoms with Crippen LogP contribution in [-0.2, 0) is 15.1 Å². The second-order valence-corrected chi connectivity index (χ2v) is 8.46. The van der Waals surface area contributed by atoms with E-state index in [2.05, 4.69) is 15.6 Å². The Labute approximate surface area is 200 Å². The van der Waals surface area contributed by atoms with E-state index in [0.29, 0.717) is 39.9 Å². The molecule has 1 fully saturated rings. The highest BCUT2D eigenvalue weighted by Crippen LogP contribution is 2.35. The number of anilines is 1. The quantitative estimate of drug-likeness (QED) is 0.477. The molecular formula is C24H24N4O5S. The van der Waals surface area contributed by atoms with Crippen molar-refractivity contribution in [3.8, 4) is 22.8 Å². The van der Waals surface area contributed by atoms with Crippen molar-refractivity contribution < 1.29 is 23.9 Å². The van der Waals surface area contributed by atoms with Crippen LogP contribution in [0.15, 0.2) is 53.9 Å². The molecule has 0 radical (unpaired) electrons. The standard InChI is InChI=1S/C24H24N4O5S/c1-4-24(15-8-6-5-7-9-15)21(30)28(23(31)27-24)13-20(29)26-22-25-18(14-34-22)17-12-16(32-2)10-11-19(17)33-3/h5-12,14H,4,13H2,1-3H3,(H,27,31)(H,25,26,29). The number of amides is 4. The van der Waals surface area contributed by atoms with Crippen molar-refractivity contribution in [3.05, 3.63) is 59.5 Å². The maximum absolute atomic E-state index is 13.2. The summed E-state index contributed by atoms with van der Waals surface area (Å²) in [6.07, 6.45) is 0.359.